The maximum atomic E-state index is 13.8. The number of carboxylic acid groups (broad SMARTS) is 1. The molecule has 0 aromatic heterocycles. The normalized spacial score (nSPS) is 27.7. The van der Waals surface area contributed by atoms with E-state index >= 15 is 0 Å². The van der Waals surface area contributed by atoms with Gasteiger partial charge in [-0.25, -0.2) is 4.79 Å². The summed E-state index contributed by atoms with van der Waals surface area (Å²) in [4.78, 5) is 84.2. The molecule has 0 unspecified atom stereocenters. The van der Waals surface area contributed by atoms with E-state index in [1.165, 1.54) is 14.7 Å². The molecular weight excluding hydrogens is 572 g/mol. The number of nitrogens with one attached hydrogen (secondary N) is 1. The number of hydrogen-bond acceptors (Lipinski definition) is 9. The van der Waals surface area contributed by atoms with Crippen LogP contribution in [-0.4, -0.2) is 134 Å². The predicted octanol–water partition coefficient (Wildman–Crippen LogP) is -1.29. The second-order valence-electron chi connectivity index (χ2n) is 11.1. The second-order valence-corrected chi connectivity index (χ2v) is 11.9. The SMILES string of the molecule is N[C@@H](CS)C(=O)N1CCC[C@H]1C(=O)N1CCC[C@H]1C(=O)N1CCC[C@H]1C(=O)N1CCC[C@H]1C(=O)N[C@@H](CS)C(=O)O. The van der Waals surface area contributed by atoms with Crippen LogP contribution in [0.15, 0.2) is 0 Å². The molecule has 4 N–H and O–H groups in total. The molecule has 4 aliphatic rings. The molecule has 4 aliphatic heterocycles. The van der Waals surface area contributed by atoms with E-state index < -0.39 is 48.1 Å². The monoisotopic (exact) mass is 612 g/mol. The predicted molar refractivity (Wildman–Crippen MR) is 154 cm³/mol. The third kappa shape index (κ3) is 6.46. The highest BCUT2D eigenvalue weighted by Gasteiger charge is 2.47. The Morgan fingerprint density at radius 3 is 1.49 bits per heavy atom. The smallest absolute Gasteiger partial charge is 0.327 e. The van der Waals surface area contributed by atoms with Crippen molar-refractivity contribution in [3.63, 3.8) is 0 Å². The summed E-state index contributed by atoms with van der Waals surface area (Å²) in [6, 6.07) is -4.94. The fourth-order valence-corrected chi connectivity index (χ4v) is 6.89. The van der Waals surface area contributed by atoms with Crippen LogP contribution in [0.4, 0.5) is 0 Å². The van der Waals surface area contributed by atoms with Gasteiger partial charge in [0.1, 0.15) is 30.2 Å². The average Bonchev–Trinajstić information content (AvgIpc) is 3.79. The van der Waals surface area contributed by atoms with Crippen LogP contribution < -0.4 is 11.1 Å². The number of hydrogen-bond donors (Lipinski definition) is 5. The maximum Gasteiger partial charge on any atom is 0.327 e. The van der Waals surface area contributed by atoms with Gasteiger partial charge in [-0.2, -0.15) is 25.3 Å². The van der Waals surface area contributed by atoms with Crippen LogP contribution in [0.5, 0.6) is 0 Å². The first kappa shape index (κ1) is 31.4. The van der Waals surface area contributed by atoms with Gasteiger partial charge in [0.05, 0.1) is 6.04 Å². The fraction of sp³-hybridized carbons (Fsp3) is 0.769. The Kier molecular flexibility index (Phi) is 10.4. The number of carbonyl (C=O) groups excluding carboxylic acids is 5. The topological polar surface area (TPSA) is 174 Å². The molecule has 0 radical (unpaired) electrons. The van der Waals surface area contributed by atoms with E-state index in [1.54, 1.807) is 4.90 Å². The van der Waals surface area contributed by atoms with Crippen molar-refractivity contribution in [2.45, 2.75) is 87.6 Å². The minimum absolute atomic E-state index is 0.0853. The molecule has 0 aliphatic carbocycles. The van der Waals surface area contributed by atoms with Gasteiger partial charge in [0.2, 0.25) is 29.5 Å². The second kappa shape index (κ2) is 13.6. The molecule has 4 fully saturated rings. The molecule has 0 aromatic rings. The largest absolute Gasteiger partial charge is 0.480 e. The molecule has 41 heavy (non-hydrogen) atoms. The molecule has 4 heterocycles. The molecular formula is C26H40N6O7S2. The van der Waals surface area contributed by atoms with E-state index in [2.05, 4.69) is 30.6 Å². The van der Waals surface area contributed by atoms with Gasteiger partial charge in [-0.1, -0.05) is 0 Å². The summed E-state index contributed by atoms with van der Waals surface area (Å²) in [5.41, 5.74) is 5.89. The summed E-state index contributed by atoms with van der Waals surface area (Å²) in [5.74, 6) is -2.90. The Morgan fingerprint density at radius 1 is 0.683 bits per heavy atom. The van der Waals surface area contributed by atoms with Crippen molar-refractivity contribution in [3.8, 4) is 0 Å². The number of nitrogens with two attached hydrogens (primary N) is 1. The van der Waals surface area contributed by atoms with Crippen LogP contribution in [0.2, 0.25) is 0 Å². The molecule has 0 aromatic carbocycles. The number of carboxylic acids is 1. The minimum Gasteiger partial charge on any atom is -0.480 e. The molecule has 15 heteroatoms. The van der Waals surface area contributed by atoms with Crippen molar-refractivity contribution in [2.75, 3.05) is 37.7 Å². The minimum atomic E-state index is -1.21. The molecule has 4 rings (SSSR count). The quantitative estimate of drug-likeness (QED) is 0.200. The first-order valence-electron chi connectivity index (χ1n) is 14.3. The zero-order chi connectivity index (χ0) is 29.8. The lowest BCUT2D eigenvalue weighted by molar-refractivity contribution is -0.152. The van der Waals surface area contributed by atoms with E-state index in [-0.39, 0.29) is 35.1 Å². The van der Waals surface area contributed by atoms with Gasteiger partial charge in [0.25, 0.3) is 0 Å². The average molecular weight is 613 g/mol. The third-order valence-electron chi connectivity index (χ3n) is 8.61. The van der Waals surface area contributed by atoms with E-state index in [1.807, 2.05) is 0 Å². The van der Waals surface area contributed by atoms with Crippen LogP contribution in [0, 0.1) is 0 Å². The Balaban J connectivity index is 1.44. The van der Waals surface area contributed by atoms with Crippen LogP contribution >= 0.6 is 25.3 Å². The first-order chi connectivity index (χ1) is 19.6. The summed E-state index contributed by atoms with van der Waals surface area (Å²) in [6.45, 7) is 1.52. The number of aliphatic carboxylic acids is 1. The zero-order valence-electron chi connectivity index (χ0n) is 23.0. The first-order valence-corrected chi connectivity index (χ1v) is 15.6. The van der Waals surface area contributed by atoms with Crippen molar-refractivity contribution in [1.29, 1.82) is 0 Å². The number of rotatable bonds is 9. The number of likely N-dealkylation sites (tertiary alicyclic amines) is 4. The summed E-state index contributed by atoms with van der Waals surface area (Å²) in [5, 5.41) is 11.7. The highest BCUT2D eigenvalue weighted by molar-refractivity contribution is 7.80. The van der Waals surface area contributed by atoms with Crippen LogP contribution in [-0.2, 0) is 28.8 Å². The van der Waals surface area contributed by atoms with Crippen molar-refractivity contribution in [3.05, 3.63) is 0 Å². The van der Waals surface area contributed by atoms with Crippen molar-refractivity contribution in [1.82, 2.24) is 24.9 Å². The van der Waals surface area contributed by atoms with Gasteiger partial charge >= 0.3 is 5.97 Å². The van der Waals surface area contributed by atoms with Crippen molar-refractivity contribution >= 4 is 60.8 Å². The molecule has 5 amide bonds. The maximum absolute atomic E-state index is 13.8. The van der Waals surface area contributed by atoms with E-state index in [0.717, 1.165) is 0 Å². The number of nitrogens with zero attached hydrogens (tertiary/aromatic N) is 4. The highest BCUT2D eigenvalue weighted by atomic mass is 32.1. The van der Waals surface area contributed by atoms with E-state index in [4.69, 9.17) is 5.73 Å². The molecule has 0 saturated carbocycles. The van der Waals surface area contributed by atoms with Gasteiger partial charge < -0.3 is 35.8 Å². The van der Waals surface area contributed by atoms with E-state index in [0.29, 0.717) is 77.5 Å². The summed E-state index contributed by atoms with van der Waals surface area (Å²) >= 11 is 8.10. The third-order valence-corrected chi connectivity index (χ3v) is 9.37. The Hall–Kier alpha value is -2.52. The van der Waals surface area contributed by atoms with Crippen molar-refractivity contribution in [2.24, 2.45) is 5.73 Å². The lowest BCUT2D eigenvalue weighted by Crippen LogP contribution is -2.58. The summed E-state index contributed by atoms with van der Waals surface area (Å²) in [6.07, 6.45) is 4.31. The standard InChI is InChI=1S/C26H40N6O7S2/c27-15(13-40)22(34)30-10-2-6-18(30)24(36)32-12-4-8-20(32)25(37)31-11-3-7-19(31)23(35)29-9-1-5-17(29)21(33)28-16(14-41)26(38)39/h15-20,40-41H,1-14,27H2,(H,28,33)(H,38,39)/t15-,16-,17-,18-,19-,20-/m0/s1. The number of amides is 5. The molecule has 6 atom stereocenters. The fourth-order valence-electron chi connectivity index (χ4n) is 6.48. The van der Waals surface area contributed by atoms with Crippen LogP contribution in [0.25, 0.3) is 0 Å². The number of carbonyl (C=O) groups is 6. The van der Waals surface area contributed by atoms with E-state index in [9.17, 15) is 33.9 Å². The Bertz CT molecular complexity index is 1060. The van der Waals surface area contributed by atoms with Gasteiger partial charge in [0, 0.05) is 37.7 Å². The summed E-state index contributed by atoms with van der Waals surface area (Å²) < 4.78 is 0. The van der Waals surface area contributed by atoms with Crippen molar-refractivity contribution < 1.29 is 33.9 Å². The lowest BCUT2D eigenvalue weighted by Gasteiger charge is -2.35. The number of thiol groups is 2. The zero-order valence-corrected chi connectivity index (χ0v) is 24.8. The molecule has 4 saturated heterocycles. The van der Waals surface area contributed by atoms with Gasteiger partial charge in [-0.05, 0) is 51.4 Å². The Labute approximate surface area is 250 Å². The Morgan fingerprint density at radius 2 is 1.07 bits per heavy atom. The van der Waals surface area contributed by atoms with Crippen LogP contribution in [0.3, 0.4) is 0 Å². The highest BCUT2D eigenvalue weighted by Crippen LogP contribution is 2.30. The van der Waals surface area contributed by atoms with Crippen LogP contribution in [0.1, 0.15) is 51.4 Å². The van der Waals surface area contributed by atoms with Gasteiger partial charge in [0.15, 0.2) is 0 Å². The van der Waals surface area contributed by atoms with Gasteiger partial charge in [-0.3, -0.25) is 24.0 Å². The molecule has 228 valence electrons. The lowest BCUT2D eigenvalue weighted by atomic mass is 10.1. The molecule has 0 bridgehead atoms. The molecule has 0 spiro atoms. The molecule has 13 nitrogen and oxygen atoms in total. The summed E-state index contributed by atoms with van der Waals surface area (Å²) in [7, 11) is 0. The van der Waals surface area contributed by atoms with Gasteiger partial charge in [-0.15, -0.1) is 0 Å².